The zero-order chi connectivity index (χ0) is 22.7. The molecule has 0 aliphatic carbocycles. The monoisotopic (exact) mass is 425 g/mol. The molecular formula is C28H31N3O. The molecule has 0 aliphatic rings. The van der Waals surface area contributed by atoms with Crippen molar-refractivity contribution >= 4 is 16.9 Å². The Morgan fingerprint density at radius 2 is 1.62 bits per heavy atom. The van der Waals surface area contributed by atoms with E-state index in [1.165, 1.54) is 27.8 Å². The highest BCUT2D eigenvalue weighted by Gasteiger charge is 2.19. The van der Waals surface area contributed by atoms with E-state index in [9.17, 15) is 4.79 Å². The molecule has 3 aromatic carbocycles. The van der Waals surface area contributed by atoms with Crippen LogP contribution in [-0.4, -0.2) is 15.5 Å². The first kappa shape index (κ1) is 21.8. The Kier molecular flexibility index (Phi) is 6.40. The number of rotatable bonds is 7. The van der Waals surface area contributed by atoms with Gasteiger partial charge in [-0.25, -0.2) is 4.98 Å². The van der Waals surface area contributed by atoms with Gasteiger partial charge in [0.1, 0.15) is 5.82 Å². The van der Waals surface area contributed by atoms with Gasteiger partial charge in [-0.2, -0.15) is 0 Å². The maximum absolute atomic E-state index is 12.7. The van der Waals surface area contributed by atoms with E-state index in [1.54, 1.807) is 0 Å². The van der Waals surface area contributed by atoms with Crippen LogP contribution < -0.4 is 5.32 Å². The van der Waals surface area contributed by atoms with Gasteiger partial charge in [-0.1, -0.05) is 60.2 Å². The topological polar surface area (TPSA) is 46.9 Å². The van der Waals surface area contributed by atoms with Crippen LogP contribution in [-0.2, 0) is 17.8 Å². The van der Waals surface area contributed by atoms with Crippen LogP contribution in [0.5, 0.6) is 0 Å². The van der Waals surface area contributed by atoms with Gasteiger partial charge in [0.2, 0.25) is 5.91 Å². The molecular weight excluding hydrogens is 394 g/mol. The quantitative estimate of drug-likeness (QED) is 0.405. The summed E-state index contributed by atoms with van der Waals surface area (Å²) in [6, 6.07) is 22.6. The Bertz CT molecular complexity index is 1220. The number of nitrogens with zero attached hydrogens (tertiary/aromatic N) is 2. The molecule has 0 bridgehead atoms. The van der Waals surface area contributed by atoms with Gasteiger partial charge in [0.25, 0.3) is 0 Å². The predicted molar refractivity (Wildman–Crippen MR) is 131 cm³/mol. The Morgan fingerprint density at radius 3 is 2.34 bits per heavy atom. The van der Waals surface area contributed by atoms with Crippen molar-refractivity contribution in [3.05, 3.63) is 100 Å². The summed E-state index contributed by atoms with van der Waals surface area (Å²) in [5.41, 5.74) is 8.37. The third-order valence-corrected chi connectivity index (χ3v) is 6.09. The fourth-order valence-corrected chi connectivity index (χ4v) is 4.49. The average molecular weight is 426 g/mol. The van der Waals surface area contributed by atoms with Crippen LogP contribution in [0.3, 0.4) is 0 Å². The molecule has 0 saturated heterocycles. The number of carbonyl (C=O) groups is 1. The molecule has 32 heavy (non-hydrogen) atoms. The molecule has 0 spiro atoms. The van der Waals surface area contributed by atoms with Crippen molar-refractivity contribution in [1.29, 1.82) is 0 Å². The molecule has 4 rings (SSSR count). The predicted octanol–water partition coefficient (Wildman–Crippen LogP) is 5.82. The van der Waals surface area contributed by atoms with Crippen molar-refractivity contribution in [1.82, 2.24) is 14.9 Å². The highest BCUT2D eigenvalue weighted by atomic mass is 16.1. The number of benzene rings is 3. The molecule has 0 saturated carbocycles. The standard InChI is InChI=1S/C28H31N3O/c1-19-16-20(2)24(21(3)17-19)18-31-26-13-9-8-12-25(26)30-28(31)22(4)29-27(32)15-14-23-10-6-5-7-11-23/h5-13,16-17,22H,14-15,18H2,1-4H3,(H,29,32). The molecule has 1 atom stereocenters. The van der Waals surface area contributed by atoms with Gasteiger partial charge in [-0.15, -0.1) is 0 Å². The molecule has 4 nitrogen and oxygen atoms in total. The summed E-state index contributed by atoms with van der Waals surface area (Å²) < 4.78 is 2.25. The number of hydrogen-bond acceptors (Lipinski definition) is 2. The van der Waals surface area contributed by atoms with E-state index in [0.717, 1.165) is 29.8 Å². The van der Waals surface area contributed by atoms with E-state index in [0.29, 0.717) is 6.42 Å². The number of fused-ring (bicyclic) bond motifs is 1. The zero-order valence-corrected chi connectivity index (χ0v) is 19.4. The number of aromatic nitrogens is 2. The van der Waals surface area contributed by atoms with Gasteiger partial charge in [0.15, 0.2) is 0 Å². The smallest absolute Gasteiger partial charge is 0.220 e. The van der Waals surface area contributed by atoms with Crippen molar-refractivity contribution < 1.29 is 4.79 Å². The zero-order valence-electron chi connectivity index (χ0n) is 19.4. The van der Waals surface area contributed by atoms with Crippen molar-refractivity contribution in [2.24, 2.45) is 0 Å². The lowest BCUT2D eigenvalue weighted by atomic mass is 9.99. The van der Waals surface area contributed by atoms with Crippen molar-refractivity contribution in [2.75, 3.05) is 0 Å². The number of amides is 1. The summed E-state index contributed by atoms with van der Waals surface area (Å²) in [5.74, 6) is 0.932. The third kappa shape index (κ3) is 4.75. The van der Waals surface area contributed by atoms with Crippen LogP contribution in [0.1, 0.15) is 53.0 Å². The molecule has 1 N–H and O–H groups in total. The molecule has 1 aromatic heterocycles. The first-order valence-corrected chi connectivity index (χ1v) is 11.3. The minimum atomic E-state index is -0.184. The van der Waals surface area contributed by atoms with E-state index in [2.05, 4.69) is 61.0 Å². The van der Waals surface area contributed by atoms with E-state index in [-0.39, 0.29) is 11.9 Å². The summed E-state index contributed by atoms with van der Waals surface area (Å²) in [6.07, 6.45) is 1.20. The Morgan fingerprint density at radius 1 is 0.969 bits per heavy atom. The van der Waals surface area contributed by atoms with Crippen molar-refractivity contribution in [2.45, 2.75) is 53.1 Å². The number of para-hydroxylation sites is 2. The molecule has 0 radical (unpaired) electrons. The Balaban J connectivity index is 1.59. The van der Waals surface area contributed by atoms with Crippen LogP contribution in [0.4, 0.5) is 0 Å². The van der Waals surface area contributed by atoms with Crippen molar-refractivity contribution in [3.63, 3.8) is 0 Å². The second-order valence-electron chi connectivity index (χ2n) is 8.70. The van der Waals surface area contributed by atoms with Gasteiger partial charge in [0, 0.05) is 13.0 Å². The highest BCUT2D eigenvalue weighted by Crippen LogP contribution is 2.25. The summed E-state index contributed by atoms with van der Waals surface area (Å²) >= 11 is 0. The third-order valence-electron chi connectivity index (χ3n) is 6.09. The molecule has 0 aliphatic heterocycles. The van der Waals surface area contributed by atoms with E-state index >= 15 is 0 Å². The van der Waals surface area contributed by atoms with Crippen LogP contribution in [0.15, 0.2) is 66.7 Å². The van der Waals surface area contributed by atoms with Crippen LogP contribution in [0, 0.1) is 20.8 Å². The fraction of sp³-hybridized carbons (Fsp3) is 0.286. The first-order chi connectivity index (χ1) is 15.4. The molecule has 164 valence electrons. The van der Waals surface area contributed by atoms with Gasteiger partial charge in [0.05, 0.1) is 17.1 Å². The number of aryl methyl sites for hydroxylation is 4. The number of hydrogen-bond donors (Lipinski definition) is 1. The molecule has 4 aromatic rings. The maximum atomic E-state index is 12.7. The van der Waals surface area contributed by atoms with Gasteiger partial charge in [-0.05, 0) is 68.5 Å². The van der Waals surface area contributed by atoms with Crippen molar-refractivity contribution in [3.8, 4) is 0 Å². The van der Waals surface area contributed by atoms with E-state index in [1.807, 2.05) is 43.3 Å². The lowest BCUT2D eigenvalue weighted by molar-refractivity contribution is -0.121. The molecule has 1 amide bonds. The molecule has 0 fully saturated rings. The normalized spacial score (nSPS) is 12.1. The second-order valence-corrected chi connectivity index (χ2v) is 8.70. The average Bonchev–Trinajstić information content (AvgIpc) is 3.14. The maximum Gasteiger partial charge on any atom is 0.220 e. The second kappa shape index (κ2) is 9.39. The number of nitrogens with one attached hydrogen (secondary N) is 1. The Hall–Kier alpha value is -3.40. The first-order valence-electron chi connectivity index (χ1n) is 11.3. The highest BCUT2D eigenvalue weighted by molar-refractivity contribution is 5.78. The lowest BCUT2D eigenvalue weighted by Gasteiger charge is -2.19. The summed E-state index contributed by atoms with van der Waals surface area (Å²) in [4.78, 5) is 17.6. The fourth-order valence-electron chi connectivity index (χ4n) is 4.49. The van der Waals surface area contributed by atoms with E-state index < -0.39 is 0 Å². The van der Waals surface area contributed by atoms with E-state index in [4.69, 9.17) is 4.98 Å². The summed E-state index contributed by atoms with van der Waals surface area (Å²) in [7, 11) is 0. The van der Waals surface area contributed by atoms with Gasteiger partial charge in [-0.3, -0.25) is 4.79 Å². The minimum Gasteiger partial charge on any atom is -0.346 e. The van der Waals surface area contributed by atoms with Crippen LogP contribution in [0.25, 0.3) is 11.0 Å². The van der Waals surface area contributed by atoms with Gasteiger partial charge < -0.3 is 9.88 Å². The molecule has 1 unspecified atom stereocenters. The number of carbonyl (C=O) groups excluding carboxylic acids is 1. The SMILES string of the molecule is Cc1cc(C)c(Cn2c(C(C)NC(=O)CCc3ccccc3)nc3ccccc32)c(C)c1. The van der Waals surface area contributed by atoms with Crippen LogP contribution in [0.2, 0.25) is 0 Å². The largest absolute Gasteiger partial charge is 0.346 e. The molecule has 4 heteroatoms. The molecule has 1 heterocycles. The lowest BCUT2D eigenvalue weighted by Crippen LogP contribution is -2.29. The Labute approximate surface area is 190 Å². The van der Waals surface area contributed by atoms with Gasteiger partial charge >= 0.3 is 0 Å². The minimum absolute atomic E-state index is 0.0441. The summed E-state index contributed by atoms with van der Waals surface area (Å²) in [5, 5.41) is 3.17. The summed E-state index contributed by atoms with van der Waals surface area (Å²) in [6.45, 7) is 9.23. The number of imidazole rings is 1. The van der Waals surface area contributed by atoms with Crippen LogP contribution >= 0.6 is 0 Å².